The van der Waals surface area contributed by atoms with E-state index in [9.17, 15) is 4.79 Å². The first-order chi connectivity index (χ1) is 9.67. The first-order valence-corrected chi connectivity index (χ1v) is 6.63. The molecule has 1 aromatic heterocycles. The third-order valence-electron chi connectivity index (χ3n) is 2.64. The number of ether oxygens (including phenoxy) is 3. The summed E-state index contributed by atoms with van der Waals surface area (Å²) in [6.45, 7) is 5.60. The van der Waals surface area contributed by atoms with Crippen molar-refractivity contribution < 1.29 is 19.0 Å². The number of carbonyl (C=O) groups is 1. The van der Waals surface area contributed by atoms with Crippen molar-refractivity contribution in [2.24, 2.45) is 0 Å². The number of methoxy groups -OCH3 is 1. The van der Waals surface area contributed by atoms with Gasteiger partial charge in [-0.05, 0) is 25.5 Å². The summed E-state index contributed by atoms with van der Waals surface area (Å²) in [7, 11) is 1.55. The van der Waals surface area contributed by atoms with Gasteiger partial charge in [0.2, 0.25) is 11.8 Å². The third kappa shape index (κ3) is 5.99. The molecule has 0 bridgehead atoms. The second-order valence-electron chi connectivity index (χ2n) is 4.13. The monoisotopic (exact) mass is 282 g/mol. The number of pyridine rings is 1. The van der Waals surface area contributed by atoms with Gasteiger partial charge >= 0.3 is 0 Å². The molecule has 1 heterocycles. The van der Waals surface area contributed by atoms with Gasteiger partial charge in [-0.3, -0.25) is 4.79 Å². The summed E-state index contributed by atoms with van der Waals surface area (Å²) < 4.78 is 15.5. The molecule has 0 saturated carbocycles. The Kier molecular flexibility index (Phi) is 7.60. The first-order valence-electron chi connectivity index (χ1n) is 6.63. The summed E-state index contributed by atoms with van der Waals surface area (Å²) in [5.41, 5.74) is 0.923. The minimum Gasteiger partial charge on any atom is -0.481 e. The van der Waals surface area contributed by atoms with E-state index in [0.29, 0.717) is 32.2 Å². The zero-order valence-corrected chi connectivity index (χ0v) is 12.2. The topological polar surface area (TPSA) is 69.7 Å². The van der Waals surface area contributed by atoms with Gasteiger partial charge in [0.1, 0.15) is 6.10 Å². The molecule has 0 aromatic carbocycles. The molecule has 1 atom stereocenters. The number of amides is 1. The summed E-state index contributed by atoms with van der Waals surface area (Å²) >= 11 is 0. The van der Waals surface area contributed by atoms with Crippen LogP contribution in [0.25, 0.3) is 0 Å². The Morgan fingerprint density at radius 3 is 2.95 bits per heavy atom. The lowest BCUT2D eigenvalue weighted by molar-refractivity contribution is -0.132. The predicted molar refractivity (Wildman–Crippen MR) is 74.5 cm³/mol. The van der Waals surface area contributed by atoms with Gasteiger partial charge in [-0.25, -0.2) is 4.98 Å². The second kappa shape index (κ2) is 9.28. The second-order valence-corrected chi connectivity index (χ2v) is 4.13. The molecule has 1 aromatic rings. The summed E-state index contributed by atoms with van der Waals surface area (Å²) in [6, 6.07) is 3.60. The van der Waals surface area contributed by atoms with Crippen LogP contribution >= 0.6 is 0 Å². The van der Waals surface area contributed by atoms with Gasteiger partial charge in [0.25, 0.3) is 0 Å². The highest BCUT2D eigenvalue weighted by Gasteiger charge is 2.12. The zero-order chi connectivity index (χ0) is 14.8. The highest BCUT2D eigenvalue weighted by Crippen LogP contribution is 2.08. The maximum atomic E-state index is 11.8. The zero-order valence-electron chi connectivity index (χ0n) is 12.2. The van der Waals surface area contributed by atoms with Gasteiger partial charge < -0.3 is 19.5 Å². The van der Waals surface area contributed by atoms with Crippen LogP contribution in [0.3, 0.4) is 0 Å². The van der Waals surface area contributed by atoms with E-state index in [1.807, 2.05) is 13.0 Å². The molecule has 6 nitrogen and oxygen atoms in total. The lowest BCUT2D eigenvalue weighted by atomic mass is 10.2. The minimum atomic E-state index is -0.501. The van der Waals surface area contributed by atoms with E-state index in [1.165, 1.54) is 0 Å². The van der Waals surface area contributed by atoms with Gasteiger partial charge in [0.15, 0.2) is 0 Å². The third-order valence-corrected chi connectivity index (χ3v) is 2.64. The largest absolute Gasteiger partial charge is 0.481 e. The molecule has 0 radical (unpaired) electrons. The molecule has 1 rings (SSSR count). The molecule has 112 valence electrons. The number of carbonyl (C=O) groups excluding carboxylic acids is 1. The molecule has 0 aliphatic rings. The molecular weight excluding hydrogens is 260 g/mol. The van der Waals surface area contributed by atoms with Crippen molar-refractivity contribution in [3.05, 3.63) is 23.9 Å². The van der Waals surface area contributed by atoms with Crippen molar-refractivity contribution in [2.45, 2.75) is 26.5 Å². The van der Waals surface area contributed by atoms with E-state index in [-0.39, 0.29) is 5.91 Å². The van der Waals surface area contributed by atoms with Crippen molar-refractivity contribution in [1.29, 1.82) is 0 Å². The Morgan fingerprint density at radius 1 is 1.45 bits per heavy atom. The van der Waals surface area contributed by atoms with Gasteiger partial charge in [-0.15, -0.1) is 0 Å². The van der Waals surface area contributed by atoms with Crippen molar-refractivity contribution in [2.75, 3.05) is 26.9 Å². The van der Waals surface area contributed by atoms with Crippen LogP contribution in [0.5, 0.6) is 5.88 Å². The first kappa shape index (κ1) is 16.4. The SMILES string of the molecule is CCOCCO[C@@H](C)C(=O)NCc1ccnc(OC)c1. The Labute approximate surface area is 119 Å². The molecule has 0 aliphatic carbocycles. The maximum Gasteiger partial charge on any atom is 0.249 e. The molecule has 6 heteroatoms. The standard InChI is InChI=1S/C14H22N2O4/c1-4-19-7-8-20-11(2)14(17)16-10-12-5-6-15-13(9-12)18-3/h5-6,9,11H,4,7-8,10H2,1-3H3,(H,16,17)/t11-/m0/s1. The number of hydrogen-bond donors (Lipinski definition) is 1. The van der Waals surface area contributed by atoms with E-state index in [2.05, 4.69) is 10.3 Å². The van der Waals surface area contributed by atoms with Gasteiger partial charge in [-0.1, -0.05) is 0 Å². The van der Waals surface area contributed by atoms with E-state index >= 15 is 0 Å². The number of nitrogens with zero attached hydrogens (tertiary/aromatic N) is 1. The van der Waals surface area contributed by atoms with E-state index in [0.717, 1.165) is 5.56 Å². The van der Waals surface area contributed by atoms with Crippen molar-refractivity contribution >= 4 is 5.91 Å². The Hall–Kier alpha value is -1.66. The highest BCUT2D eigenvalue weighted by atomic mass is 16.5. The molecule has 0 aliphatic heterocycles. The molecular formula is C14H22N2O4. The molecule has 0 fully saturated rings. The fraction of sp³-hybridized carbons (Fsp3) is 0.571. The van der Waals surface area contributed by atoms with Crippen LogP contribution in [-0.4, -0.2) is 43.9 Å². The predicted octanol–water partition coefficient (Wildman–Crippen LogP) is 1.15. The number of rotatable bonds is 9. The number of nitrogens with one attached hydrogen (secondary N) is 1. The van der Waals surface area contributed by atoms with Crippen LogP contribution in [0.2, 0.25) is 0 Å². The van der Waals surface area contributed by atoms with Crippen LogP contribution in [0.1, 0.15) is 19.4 Å². The Balaban J connectivity index is 2.30. The molecule has 20 heavy (non-hydrogen) atoms. The summed E-state index contributed by atoms with van der Waals surface area (Å²) in [5.74, 6) is 0.370. The Morgan fingerprint density at radius 2 is 2.25 bits per heavy atom. The Bertz CT molecular complexity index is 412. The number of aromatic nitrogens is 1. The van der Waals surface area contributed by atoms with E-state index in [1.54, 1.807) is 26.3 Å². The summed E-state index contributed by atoms with van der Waals surface area (Å²) in [6.07, 6.45) is 1.14. The summed E-state index contributed by atoms with van der Waals surface area (Å²) in [4.78, 5) is 15.8. The quantitative estimate of drug-likeness (QED) is 0.688. The van der Waals surface area contributed by atoms with Crippen LogP contribution in [0, 0.1) is 0 Å². The van der Waals surface area contributed by atoms with Crippen LogP contribution < -0.4 is 10.1 Å². The fourth-order valence-electron chi connectivity index (χ4n) is 1.51. The smallest absolute Gasteiger partial charge is 0.249 e. The molecule has 1 N–H and O–H groups in total. The molecule has 0 saturated heterocycles. The lowest BCUT2D eigenvalue weighted by Crippen LogP contribution is -2.34. The van der Waals surface area contributed by atoms with E-state index in [4.69, 9.17) is 14.2 Å². The van der Waals surface area contributed by atoms with Crippen molar-refractivity contribution in [3.8, 4) is 5.88 Å². The average Bonchev–Trinajstić information content (AvgIpc) is 2.49. The highest BCUT2D eigenvalue weighted by molar-refractivity contribution is 5.80. The van der Waals surface area contributed by atoms with Crippen LogP contribution in [-0.2, 0) is 20.8 Å². The molecule has 0 unspecified atom stereocenters. The maximum absolute atomic E-state index is 11.8. The van der Waals surface area contributed by atoms with Gasteiger partial charge in [0.05, 0.1) is 20.3 Å². The van der Waals surface area contributed by atoms with E-state index < -0.39 is 6.10 Å². The van der Waals surface area contributed by atoms with Crippen LogP contribution in [0.4, 0.5) is 0 Å². The lowest BCUT2D eigenvalue weighted by Gasteiger charge is -2.13. The minimum absolute atomic E-state index is 0.155. The molecule has 1 amide bonds. The molecule has 0 spiro atoms. The van der Waals surface area contributed by atoms with Crippen LogP contribution in [0.15, 0.2) is 18.3 Å². The average molecular weight is 282 g/mol. The summed E-state index contributed by atoms with van der Waals surface area (Å²) in [5, 5.41) is 2.80. The van der Waals surface area contributed by atoms with Crippen molar-refractivity contribution in [1.82, 2.24) is 10.3 Å². The fourth-order valence-corrected chi connectivity index (χ4v) is 1.51. The number of hydrogen-bond acceptors (Lipinski definition) is 5. The van der Waals surface area contributed by atoms with Gasteiger partial charge in [-0.2, -0.15) is 0 Å². The van der Waals surface area contributed by atoms with Crippen molar-refractivity contribution in [3.63, 3.8) is 0 Å². The normalized spacial score (nSPS) is 11.9. The van der Waals surface area contributed by atoms with Gasteiger partial charge in [0, 0.05) is 25.4 Å².